The van der Waals surface area contributed by atoms with Crippen molar-refractivity contribution in [2.45, 2.75) is 69.4 Å². The third kappa shape index (κ3) is 5.81. The van der Waals surface area contributed by atoms with E-state index in [2.05, 4.69) is 25.7 Å². The first-order valence-electron chi connectivity index (χ1n) is 16.3. The molecule has 2 aromatic heterocycles. The molecule has 1 saturated carbocycles. The molecular weight excluding hydrogens is 684 g/mol. The van der Waals surface area contributed by atoms with Gasteiger partial charge in [0.2, 0.25) is 5.91 Å². The lowest BCUT2D eigenvalue weighted by Crippen LogP contribution is -2.65. The van der Waals surface area contributed by atoms with Gasteiger partial charge in [0.15, 0.2) is 5.82 Å². The Balaban J connectivity index is 1.30. The topological polar surface area (TPSA) is 143 Å². The Morgan fingerprint density at radius 2 is 2.02 bits per heavy atom. The van der Waals surface area contributed by atoms with Gasteiger partial charge in [0, 0.05) is 48.4 Å². The Morgan fingerprint density at radius 3 is 2.66 bits per heavy atom. The summed E-state index contributed by atoms with van der Waals surface area (Å²) < 4.78 is 64.4. The van der Waals surface area contributed by atoms with Crippen LogP contribution in [0.15, 0.2) is 35.1 Å². The highest BCUT2D eigenvalue weighted by Crippen LogP contribution is 2.57. The fraction of sp³-hybridized carbons (Fsp3) is 0.485. The summed E-state index contributed by atoms with van der Waals surface area (Å²) in [5, 5.41) is 16.9. The normalized spacial score (nSPS) is 24.3. The number of alkyl halides is 4. The number of nitrogens with zero attached hydrogens (tertiary/aromatic N) is 5. The van der Waals surface area contributed by atoms with Crippen LogP contribution in [0.5, 0.6) is 0 Å². The molecule has 1 saturated heterocycles. The van der Waals surface area contributed by atoms with Crippen molar-refractivity contribution >= 4 is 34.7 Å². The lowest BCUT2D eigenvalue weighted by atomic mass is 9.55. The number of fused-ring (bicyclic) bond motifs is 4. The average molecular weight is 719 g/mol. The predicted octanol–water partition coefficient (Wildman–Crippen LogP) is 4.64. The first-order chi connectivity index (χ1) is 23.8. The summed E-state index contributed by atoms with van der Waals surface area (Å²) in [6, 6.07) is 3.87. The number of hydrogen-bond acceptors (Lipinski definition) is 6. The lowest BCUT2D eigenvalue weighted by molar-refractivity contribution is -0.137. The molecule has 2 fully saturated rings. The number of nitrogens with one attached hydrogen (secondary N) is 3. The number of H-pyrrole nitrogens is 2. The number of rotatable bonds is 5. The van der Waals surface area contributed by atoms with Gasteiger partial charge in [-0.1, -0.05) is 17.7 Å². The number of aromatic amines is 2. The van der Waals surface area contributed by atoms with Crippen molar-refractivity contribution in [1.82, 2.24) is 34.7 Å². The molecule has 0 bridgehead atoms. The molecular formula is C33H35ClF4N8O4. The van der Waals surface area contributed by atoms with E-state index in [1.165, 1.54) is 0 Å². The van der Waals surface area contributed by atoms with Crippen LogP contribution in [0, 0.1) is 12.8 Å². The van der Waals surface area contributed by atoms with Gasteiger partial charge in [0.1, 0.15) is 18.4 Å². The first kappa shape index (κ1) is 34.0. The van der Waals surface area contributed by atoms with Crippen LogP contribution in [-0.2, 0) is 41.1 Å². The highest BCUT2D eigenvalue weighted by molar-refractivity contribution is 6.33. The lowest BCUT2D eigenvalue weighted by Gasteiger charge is -2.57. The van der Waals surface area contributed by atoms with Gasteiger partial charge in [-0.25, -0.2) is 9.07 Å². The number of aromatic nitrogens is 6. The smallest absolute Gasteiger partial charge is 0.377 e. The number of piperidine rings is 1. The number of anilines is 1. The largest absolute Gasteiger partial charge is 0.416 e. The van der Waals surface area contributed by atoms with E-state index < -0.39 is 41.3 Å². The number of hydrogen-bond donors (Lipinski definition) is 3. The van der Waals surface area contributed by atoms with Crippen molar-refractivity contribution in [2.24, 2.45) is 13.0 Å². The number of halogens is 5. The minimum absolute atomic E-state index is 0.0817. The van der Waals surface area contributed by atoms with Crippen molar-refractivity contribution in [3.63, 3.8) is 0 Å². The number of likely N-dealkylation sites (tertiary alicyclic amines) is 1. The maximum absolute atomic E-state index is 16.7. The zero-order chi connectivity index (χ0) is 35.5. The Morgan fingerprint density at radius 1 is 1.22 bits per heavy atom. The van der Waals surface area contributed by atoms with Crippen molar-refractivity contribution < 1.29 is 31.9 Å². The first-order valence-corrected chi connectivity index (χ1v) is 16.7. The molecule has 0 radical (unpaired) electrons. The van der Waals surface area contributed by atoms with Gasteiger partial charge in [0.05, 0.1) is 29.5 Å². The molecule has 1 spiro atoms. The van der Waals surface area contributed by atoms with E-state index in [9.17, 15) is 27.6 Å². The highest BCUT2D eigenvalue weighted by Gasteiger charge is 2.63. The molecule has 1 aromatic carbocycles. The second-order valence-electron chi connectivity index (χ2n) is 13.3. The third-order valence-electron chi connectivity index (χ3n) is 10.4. The molecule has 3 N–H and O–H groups in total. The molecule has 4 heterocycles. The number of carbonyl (C=O) groups excluding carboxylic acids is 2. The van der Waals surface area contributed by atoms with E-state index in [1.54, 1.807) is 29.6 Å². The zero-order valence-electron chi connectivity index (χ0n) is 27.2. The Kier molecular flexibility index (Phi) is 8.65. The Labute approximate surface area is 288 Å². The summed E-state index contributed by atoms with van der Waals surface area (Å²) in [7, 11) is 1.69. The van der Waals surface area contributed by atoms with E-state index in [0.717, 1.165) is 28.1 Å². The molecule has 4 aliphatic rings. The van der Waals surface area contributed by atoms with Gasteiger partial charge in [-0.15, -0.1) is 5.10 Å². The Hall–Kier alpha value is -4.44. The van der Waals surface area contributed by atoms with Gasteiger partial charge in [-0.3, -0.25) is 24.2 Å². The summed E-state index contributed by atoms with van der Waals surface area (Å²) in [6.45, 7) is 2.06. The Bertz CT molecular complexity index is 2010. The minimum Gasteiger partial charge on any atom is -0.377 e. The number of carbonyl (C=O) groups is 2. The van der Waals surface area contributed by atoms with Crippen LogP contribution in [0.1, 0.15) is 64.5 Å². The van der Waals surface area contributed by atoms with Gasteiger partial charge >= 0.3 is 6.18 Å². The van der Waals surface area contributed by atoms with Crippen LogP contribution in [0.4, 0.5) is 23.2 Å². The maximum Gasteiger partial charge on any atom is 0.416 e. The van der Waals surface area contributed by atoms with Crippen LogP contribution in [-0.4, -0.2) is 78.4 Å². The average Bonchev–Trinajstić information content (AvgIpc) is 3.59. The maximum atomic E-state index is 16.7. The van der Waals surface area contributed by atoms with Crippen LogP contribution < -0.4 is 10.9 Å². The molecule has 2 aliphatic carbocycles. The van der Waals surface area contributed by atoms with Gasteiger partial charge in [-0.2, -0.15) is 18.3 Å². The fourth-order valence-corrected chi connectivity index (χ4v) is 8.14. The van der Waals surface area contributed by atoms with Crippen LogP contribution in [0.25, 0.3) is 5.57 Å². The van der Waals surface area contributed by atoms with Gasteiger partial charge in [-0.05, 0) is 68.4 Å². The summed E-state index contributed by atoms with van der Waals surface area (Å²) in [5.74, 6) is -1.09. The summed E-state index contributed by atoms with van der Waals surface area (Å²) >= 11 is 6.10. The van der Waals surface area contributed by atoms with E-state index in [4.69, 9.17) is 16.3 Å². The summed E-state index contributed by atoms with van der Waals surface area (Å²) in [5.41, 5.74) is -0.698. The molecule has 4 atom stereocenters. The number of aryl methyl sites for hydroxylation is 2. The van der Waals surface area contributed by atoms with E-state index >= 15 is 4.39 Å². The van der Waals surface area contributed by atoms with Gasteiger partial charge in [0.25, 0.3) is 11.5 Å². The molecule has 12 nitrogen and oxygen atoms in total. The van der Waals surface area contributed by atoms with E-state index in [-0.39, 0.29) is 59.2 Å². The van der Waals surface area contributed by atoms with Crippen LogP contribution in [0.3, 0.4) is 0 Å². The standard InChI is InChI=1S/C33H35ClF4N8O4/c1-17-13-24(41-40-17)30(48)45-10-9-32(20-4-6-25(20)45)26(35)15-23-28(32)31(49)46(43-29(44(2)42-23)18-7-11-50-12-8-18)16-27(47)39-22-5-3-19(14-21(22)34)33(36,37)38/h3,5,7,13-14,20,25-26,42H,4,6,8-12,15-16H2,1-2H3,(H,39,47)(H,40,41)/t20?,25?,26-,32+/m1/s1. The number of ether oxygens (including phenoxy) is 1. The SMILES string of the molecule is Cc1cc(C(=O)N2CC[C@]3(c4c([nH]n(C)c(C5=CCOCC5)nn(CC(=O)Nc5ccc(C(F)(F)F)cc5Cl)c4=O)C[C@H]3F)C3CCC32)n[nH]1. The minimum atomic E-state index is -4.63. The van der Waals surface area contributed by atoms with Crippen molar-refractivity contribution in [2.75, 3.05) is 25.1 Å². The van der Waals surface area contributed by atoms with Crippen molar-refractivity contribution in [3.8, 4) is 0 Å². The summed E-state index contributed by atoms with van der Waals surface area (Å²) in [6.07, 6.45) is -2.52. The third-order valence-corrected chi connectivity index (χ3v) is 10.7. The van der Waals surface area contributed by atoms with E-state index in [0.29, 0.717) is 50.1 Å². The molecule has 266 valence electrons. The van der Waals surface area contributed by atoms with Gasteiger partial charge < -0.3 is 20.1 Å². The molecule has 50 heavy (non-hydrogen) atoms. The second-order valence-corrected chi connectivity index (χ2v) is 13.7. The molecule has 2 unspecified atom stereocenters. The highest BCUT2D eigenvalue weighted by atomic mass is 35.5. The van der Waals surface area contributed by atoms with Crippen LogP contribution in [0.2, 0.25) is 5.02 Å². The summed E-state index contributed by atoms with van der Waals surface area (Å²) in [4.78, 5) is 43.4. The zero-order valence-corrected chi connectivity index (χ0v) is 28.0. The van der Waals surface area contributed by atoms with Crippen molar-refractivity contribution in [1.29, 1.82) is 0 Å². The second kappa shape index (κ2) is 12.7. The fourth-order valence-electron chi connectivity index (χ4n) is 7.92. The quantitative estimate of drug-likeness (QED) is 0.329. The van der Waals surface area contributed by atoms with Crippen LogP contribution >= 0.6 is 11.6 Å². The molecule has 2 aliphatic heterocycles. The monoisotopic (exact) mass is 718 g/mol. The number of benzene rings is 1. The molecule has 2 amide bonds. The molecule has 3 aromatic rings. The predicted molar refractivity (Wildman–Crippen MR) is 174 cm³/mol. The van der Waals surface area contributed by atoms with Crippen molar-refractivity contribution in [3.05, 3.63) is 79.8 Å². The van der Waals surface area contributed by atoms with E-state index in [1.807, 2.05) is 6.08 Å². The number of amides is 2. The molecule has 17 heteroatoms. The molecule has 7 rings (SSSR count).